The molecule has 27 rings (SSSR count). The van der Waals surface area contributed by atoms with Crippen LogP contribution in [0.25, 0.3) is 262 Å². The van der Waals surface area contributed by atoms with Gasteiger partial charge in [-0.05, 0) is 200 Å². The number of fused-ring (bicyclic) bond motifs is 9. The summed E-state index contributed by atoms with van der Waals surface area (Å²) in [6, 6.07) is 194. The third-order valence-corrected chi connectivity index (χ3v) is 30.6. The first kappa shape index (κ1) is 89.8. The van der Waals surface area contributed by atoms with Crippen molar-refractivity contribution in [2.24, 2.45) is 0 Å². The zero-order valence-electron chi connectivity index (χ0n) is 79.9. The highest BCUT2D eigenvalue weighted by atomic mass is 32.1. The molecule has 0 N–H and O–H groups in total. The summed E-state index contributed by atoms with van der Waals surface area (Å²) in [7, 11) is 0. The molecule has 0 atom stereocenters. The van der Waals surface area contributed by atoms with Crippen LogP contribution in [0.15, 0.2) is 546 Å². The van der Waals surface area contributed by atoms with Crippen LogP contribution in [-0.4, -0.2) is 29.9 Å². The Morgan fingerprint density at radius 1 is 0.109 bits per heavy atom. The quantitative estimate of drug-likeness (QED) is 0.0852. The van der Waals surface area contributed by atoms with Crippen LogP contribution in [0.2, 0.25) is 0 Å². The fraction of sp³-hybridized carbons (Fsp3) is 0. The fourth-order valence-corrected chi connectivity index (χ4v) is 23.1. The molecule has 0 aliphatic heterocycles. The summed E-state index contributed by atoms with van der Waals surface area (Å²) in [6.45, 7) is 0. The first-order chi connectivity index (χ1) is 72.8. The maximum Gasteiger partial charge on any atom is 0.161 e. The largest absolute Gasteiger partial charge is 0.227 e. The lowest BCUT2D eigenvalue weighted by Crippen LogP contribution is -1.94. The molecule has 0 radical (unpaired) electrons. The first-order valence-electron chi connectivity index (χ1n) is 49.5. The molecule has 0 amide bonds. The van der Waals surface area contributed by atoms with Gasteiger partial charge in [0.05, 0.1) is 17.1 Å². The maximum absolute atomic E-state index is 5.32. The van der Waals surface area contributed by atoms with E-state index in [0.29, 0.717) is 0 Å². The second-order valence-corrected chi connectivity index (χ2v) is 39.8. The maximum atomic E-state index is 5.32. The summed E-state index contributed by atoms with van der Waals surface area (Å²) in [5, 5.41) is 6.89. The lowest BCUT2D eigenvalue weighted by atomic mass is 9.96. The van der Waals surface area contributed by atoms with E-state index >= 15 is 0 Å². The molecular formula is C138H90N6S3. The van der Waals surface area contributed by atoms with Crippen molar-refractivity contribution in [3.8, 4) is 201 Å². The van der Waals surface area contributed by atoms with Gasteiger partial charge in [-0.25, -0.2) is 29.9 Å². The average molecular weight is 1930 g/mol. The molecule has 0 spiro atoms. The van der Waals surface area contributed by atoms with Crippen molar-refractivity contribution in [1.82, 2.24) is 29.9 Å². The van der Waals surface area contributed by atoms with E-state index in [9.17, 15) is 0 Å². The number of aromatic nitrogens is 6. The van der Waals surface area contributed by atoms with Crippen molar-refractivity contribution < 1.29 is 0 Å². The molecule has 9 heteroatoms. The number of benzene rings is 21. The summed E-state index contributed by atoms with van der Waals surface area (Å²) < 4.78 is 3.64. The van der Waals surface area contributed by atoms with Gasteiger partial charge in [0.25, 0.3) is 0 Å². The molecule has 0 unspecified atom stereocenters. The Kier molecular flexibility index (Phi) is 24.7. The van der Waals surface area contributed by atoms with Gasteiger partial charge in [-0.15, -0.1) is 34.0 Å². The van der Waals surface area contributed by atoms with Gasteiger partial charge in [0.1, 0.15) is 14.5 Å². The lowest BCUT2D eigenvalue weighted by Gasteiger charge is -2.11. The standard InChI is InChI=1S/3C46H30N2S/c1-3-12-31(13-4-1)35-16-9-18-37(28-35)33-24-26-34(27-25-33)45-47-44(43-41-22-7-8-23-42(41)49-46(43)48-45)40-21-11-20-39(30-40)38-19-10-17-36(29-38)32-14-5-2-6-15-32;1-3-12-31(13-4-1)35-16-9-18-37(28-35)33-24-26-34(27-25-33)44-43-41-22-7-8-23-42(41)49-46(43)48-45(47-44)40-21-11-20-39(30-40)38-19-10-17-36(29-38)32-14-5-2-6-15-32;1-3-11-31(12-4-1)37-15-9-17-39(29-37)33-21-25-35(26-22-33)44-43-41-19-7-8-20-42(41)49-46(43)48-45(47-44)36-27-23-34(24-28-36)40-18-10-16-38(30-40)32-13-5-2-6-14-32/h3*1-30H. The van der Waals surface area contributed by atoms with Gasteiger partial charge in [-0.2, -0.15) is 0 Å². The van der Waals surface area contributed by atoms with Crippen molar-refractivity contribution in [3.05, 3.63) is 546 Å². The molecular weight excluding hydrogens is 1840 g/mol. The molecule has 0 saturated carbocycles. The fourth-order valence-electron chi connectivity index (χ4n) is 19.9. The molecule has 0 bridgehead atoms. The van der Waals surface area contributed by atoms with Gasteiger partial charge < -0.3 is 0 Å². The van der Waals surface area contributed by atoms with Crippen LogP contribution in [0.4, 0.5) is 0 Å². The molecule has 0 fully saturated rings. The molecule has 0 saturated heterocycles. The highest BCUT2D eigenvalue weighted by Crippen LogP contribution is 2.47. The monoisotopic (exact) mass is 1930 g/mol. The van der Waals surface area contributed by atoms with Gasteiger partial charge in [-0.3, -0.25) is 0 Å². The Morgan fingerprint density at radius 2 is 0.265 bits per heavy atom. The highest BCUT2D eigenvalue weighted by molar-refractivity contribution is 7.26. The van der Waals surface area contributed by atoms with E-state index in [1.165, 1.54) is 142 Å². The minimum Gasteiger partial charge on any atom is -0.227 e. The summed E-state index contributed by atoms with van der Waals surface area (Å²) >= 11 is 5.18. The Hall–Kier alpha value is -18.5. The van der Waals surface area contributed by atoms with Crippen molar-refractivity contribution in [2.75, 3.05) is 0 Å². The van der Waals surface area contributed by atoms with Crippen LogP contribution in [-0.2, 0) is 0 Å². The van der Waals surface area contributed by atoms with Crippen molar-refractivity contribution in [3.63, 3.8) is 0 Å². The Balaban J connectivity index is 0.000000115. The minimum atomic E-state index is 0.731. The zero-order valence-corrected chi connectivity index (χ0v) is 82.3. The summed E-state index contributed by atoms with van der Waals surface area (Å²) in [5.74, 6) is 2.20. The molecule has 6 heterocycles. The van der Waals surface area contributed by atoms with Crippen molar-refractivity contribution in [2.45, 2.75) is 0 Å². The van der Waals surface area contributed by atoms with Crippen LogP contribution in [0.5, 0.6) is 0 Å². The van der Waals surface area contributed by atoms with Crippen LogP contribution >= 0.6 is 34.0 Å². The van der Waals surface area contributed by atoms with Crippen LogP contribution < -0.4 is 0 Å². The number of thiophene rings is 3. The number of rotatable bonds is 18. The van der Waals surface area contributed by atoms with E-state index in [2.05, 4.69) is 546 Å². The zero-order chi connectivity index (χ0) is 97.7. The SMILES string of the molecule is c1ccc(-c2cccc(-c3ccc(-c4nc(-c5ccc(-c6cccc(-c7ccccc7)c6)cc5)c5c(n4)sc4ccccc45)cc3)c2)cc1.c1ccc(-c2cccc(-c3ccc(-c4nc(-c5cccc(-c6cccc(-c7ccccc7)c6)c5)c5c(n4)sc4ccccc45)cc3)c2)cc1.c1ccc(-c2cccc(-c3ccc(-c4nc(-c5cccc(-c6cccc(-c7ccccc7)c6)c5)nc5sc6ccccc6c45)cc3)c2)cc1. The number of nitrogens with zero attached hydrogens (tertiary/aromatic N) is 6. The molecule has 27 aromatic rings. The van der Waals surface area contributed by atoms with E-state index in [0.717, 1.165) is 121 Å². The van der Waals surface area contributed by atoms with Crippen LogP contribution in [0.3, 0.4) is 0 Å². The van der Waals surface area contributed by atoms with Gasteiger partial charge >= 0.3 is 0 Å². The van der Waals surface area contributed by atoms with Crippen molar-refractivity contribution in [1.29, 1.82) is 0 Å². The lowest BCUT2D eigenvalue weighted by molar-refractivity contribution is 1.24. The normalized spacial score (nSPS) is 11.3. The molecule has 6 aromatic heterocycles. The third-order valence-electron chi connectivity index (χ3n) is 27.4. The molecule has 6 nitrogen and oxygen atoms in total. The molecule has 21 aromatic carbocycles. The van der Waals surface area contributed by atoms with E-state index in [-0.39, 0.29) is 0 Å². The summed E-state index contributed by atoms with van der Waals surface area (Å²) in [4.78, 5) is 34.4. The first-order valence-corrected chi connectivity index (χ1v) is 51.9. The summed E-state index contributed by atoms with van der Waals surface area (Å²) in [5.41, 5.74) is 37.7. The Bertz CT molecular complexity index is 9490. The smallest absolute Gasteiger partial charge is 0.161 e. The van der Waals surface area contributed by atoms with E-state index < -0.39 is 0 Å². The second kappa shape index (κ2) is 40.5. The molecule has 690 valence electrons. The van der Waals surface area contributed by atoms with E-state index in [4.69, 9.17) is 29.9 Å². The predicted molar refractivity (Wildman–Crippen MR) is 623 cm³/mol. The third kappa shape index (κ3) is 18.8. The molecule has 0 aliphatic rings. The van der Waals surface area contributed by atoms with E-state index in [1.54, 1.807) is 34.0 Å². The van der Waals surface area contributed by atoms with Gasteiger partial charge in [0.15, 0.2) is 17.5 Å². The molecule has 147 heavy (non-hydrogen) atoms. The van der Waals surface area contributed by atoms with Crippen LogP contribution in [0, 0.1) is 0 Å². The summed E-state index contributed by atoms with van der Waals surface area (Å²) in [6.07, 6.45) is 0. The van der Waals surface area contributed by atoms with Crippen LogP contribution in [0.1, 0.15) is 0 Å². The van der Waals surface area contributed by atoms with E-state index in [1.807, 2.05) is 0 Å². The molecule has 0 aliphatic carbocycles. The highest BCUT2D eigenvalue weighted by Gasteiger charge is 2.24. The minimum absolute atomic E-state index is 0.731. The van der Waals surface area contributed by atoms with Gasteiger partial charge in [-0.1, -0.05) is 479 Å². The topological polar surface area (TPSA) is 77.3 Å². The van der Waals surface area contributed by atoms with Crippen molar-refractivity contribution >= 4 is 94.9 Å². The number of hydrogen-bond acceptors (Lipinski definition) is 9. The van der Waals surface area contributed by atoms with Gasteiger partial charge in [0, 0.05) is 79.8 Å². The predicted octanol–water partition coefficient (Wildman–Crippen LogP) is 38.5. The average Bonchev–Trinajstić information content (AvgIpc) is 1.61. The van der Waals surface area contributed by atoms with Gasteiger partial charge in [0.2, 0.25) is 0 Å². The number of hydrogen-bond donors (Lipinski definition) is 0. The second-order valence-electron chi connectivity index (χ2n) is 36.7. The Morgan fingerprint density at radius 3 is 0.510 bits per heavy atom. The Labute approximate surface area is 865 Å².